The molecule has 1 fully saturated rings. The lowest BCUT2D eigenvalue weighted by Gasteiger charge is -2.37. The molecule has 1 saturated heterocycles. The van der Waals surface area contributed by atoms with Gasteiger partial charge in [-0.3, -0.25) is 4.79 Å². The lowest BCUT2D eigenvalue weighted by molar-refractivity contribution is 0.0486. The van der Waals surface area contributed by atoms with Gasteiger partial charge in [-0.1, -0.05) is 29.8 Å². The molecule has 1 N–H and O–H groups in total. The molecule has 0 atom stereocenters. The third-order valence-corrected chi connectivity index (χ3v) is 5.62. The maximum Gasteiger partial charge on any atom is 0.271 e. The second-order valence-corrected chi connectivity index (χ2v) is 7.64. The molecule has 5 nitrogen and oxygen atoms in total. The summed E-state index contributed by atoms with van der Waals surface area (Å²) in [6.07, 6.45) is 3.25. The third-order valence-electron chi connectivity index (χ3n) is 5.39. The second kappa shape index (κ2) is 8.35. The van der Waals surface area contributed by atoms with Crippen molar-refractivity contribution in [3.63, 3.8) is 0 Å². The van der Waals surface area contributed by atoms with Gasteiger partial charge in [-0.05, 0) is 54.8 Å². The van der Waals surface area contributed by atoms with Crippen LogP contribution in [0.3, 0.4) is 0 Å². The Hall–Kier alpha value is -2.70. The summed E-state index contributed by atoms with van der Waals surface area (Å²) in [5.74, 6) is -0.523. The Bertz CT molecular complexity index is 997. The van der Waals surface area contributed by atoms with Gasteiger partial charge in [-0.2, -0.15) is 5.10 Å². The fourth-order valence-corrected chi connectivity index (χ4v) is 3.87. The first-order chi connectivity index (χ1) is 14.1. The molecule has 7 heteroatoms. The molecule has 1 aliphatic rings. The van der Waals surface area contributed by atoms with Crippen LogP contribution in [0.15, 0.2) is 60.8 Å². The zero-order valence-electron chi connectivity index (χ0n) is 15.8. The number of rotatable bonds is 5. The van der Waals surface area contributed by atoms with Crippen LogP contribution in [0, 0.1) is 5.82 Å². The molecule has 3 aromatic rings. The van der Waals surface area contributed by atoms with Crippen molar-refractivity contribution in [1.82, 2.24) is 15.1 Å². The monoisotopic (exact) mass is 413 g/mol. The van der Waals surface area contributed by atoms with E-state index in [1.807, 2.05) is 12.1 Å². The molecule has 2 heterocycles. The molecule has 0 saturated carbocycles. The van der Waals surface area contributed by atoms with Gasteiger partial charge >= 0.3 is 0 Å². The Labute approximate surface area is 173 Å². The van der Waals surface area contributed by atoms with Gasteiger partial charge in [0, 0.05) is 36.4 Å². The average molecular weight is 414 g/mol. The Morgan fingerprint density at radius 3 is 2.66 bits per heavy atom. The van der Waals surface area contributed by atoms with Crippen molar-refractivity contribution >= 4 is 17.5 Å². The van der Waals surface area contributed by atoms with E-state index in [4.69, 9.17) is 16.3 Å². The highest BCUT2D eigenvalue weighted by Crippen LogP contribution is 2.34. The fourth-order valence-electron chi connectivity index (χ4n) is 3.68. The molecular formula is C22H21ClFN3O2. The van der Waals surface area contributed by atoms with Crippen LogP contribution in [0.25, 0.3) is 5.69 Å². The molecule has 29 heavy (non-hydrogen) atoms. The fraction of sp³-hybridized carbons (Fsp3) is 0.273. The highest BCUT2D eigenvalue weighted by atomic mass is 35.5. The maximum absolute atomic E-state index is 13.4. The largest absolute Gasteiger partial charge is 0.381 e. The smallest absolute Gasteiger partial charge is 0.271 e. The van der Waals surface area contributed by atoms with E-state index in [-0.39, 0.29) is 17.1 Å². The molecular weight excluding hydrogens is 393 g/mol. The summed E-state index contributed by atoms with van der Waals surface area (Å²) in [5, 5.41) is 7.97. The minimum Gasteiger partial charge on any atom is -0.381 e. The molecule has 0 unspecified atom stereocenters. The predicted octanol–water partition coefficient (Wildman–Crippen LogP) is 4.14. The molecule has 0 radical (unpaired) electrons. The van der Waals surface area contributed by atoms with E-state index in [2.05, 4.69) is 10.4 Å². The van der Waals surface area contributed by atoms with Gasteiger partial charge in [-0.15, -0.1) is 0 Å². The number of nitrogens with zero attached hydrogens (tertiary/aromatic N) is 2. The normalized spacial score (nSPS) is 15.8. The Kier molecular flexibility index (Phi) is 5.65. The van der Waals surface area contributed by atoms with Crippen LogP contribution in [0.1, 0.15) is 28.9 Å². The van der Waals surface area contributed by atoms with Gasteiger partial charge in [0.05, 0.1) is 5.69 Å². The van der Waals surface area contributed by atoms with Crippen molar-refractivity contribution in [2.75, 3.05) is 19.8 Å². The SMILES string of the molecule is O=C(NCC1(c2ccc(F)cc2)CCOCC1)c1ccn(-c2cccc(Cl)c2)n1. The van der Waals surface area contributed by atoms with Gasteiger partial charge in [0.2, 0.25) is 0 Å². The molecule has 150 valence electrons. The topological polar surface area (TPSA) is 56.1 Å². The van der Waals surface area contributed by atoms with Crippen molar-refractivity contribution in [2.24, 2.45) is 0 Å². The van der Waals surface area contributed by atoms with Gasteiger partial charge < -0.3 is 10.1 Å². The number of hydrogen-bond acceptors (Lipinski definition) is 3. The number of aromatic nitrogens is 2. The van der Waals surface area contributed by atoms with E-state index in [0.29, 0.717) is 30.5 Å². The third kappa shape index (κ3) is 4.33. The lowest BCUT2D eigenvalue weighted by atomic mass is 9.74. The number of halogens is 2. The first-order valence-electron chi connectivity index (χ1n) is 9.49. The summed E-state index contributed by atoms with van der Waals surface area (Å²) in [6.45, 7) is 1.65. The van der Waals surface area contributed by atoms with Gasteiger partial charge in [0.1, 0.15) is 5.82 Å². The predicted molar refractivity (Wildman–Crippen MR) is 109 cm³/mol. The molecule has 1 amide bonds. The molecule has 0 bridgehead atoms. The van der Waals surface area contributed by atoms with E-state index >= 15 is 0 Å². The number of nitrogens with one attached hydrogen (secondary N) is 1. The second-order valence-electron chi connectivity index (χ2n) is 7.21. The zero-order chi connectivity index (χ0) is 20.3. The summed E-state index contributed by atoms with van der Waals surface area (Å²) >= 11 is 6.03. The van der Waals surface area contributed by atoms with Crippen LogP contribution >= 0.6 is 11.6 Å². The van der Waals surface area contributed by atoms with Crippen molar-refractivity contribution < 1.29 is 13.9 Å². The highest BCUT2D eigenvalue weighted by Gasteiger charge is 2.35. The minimum absolute atomic E-state index is 0.251. The van der Waals surface area contributed by atoms with Gasteiger partial charge in [0.25, 0.3) is 5.91 Å². The number of hydrogen-bond donors (Lipinski definition) is 1. The summed E-state index contributed by atoms with van der Waals surface area (Å²) < 4.78 is 20.5. The van der Waals surface area contributed by atoms with Crippen LogP contribution in [-0.4, -0.2) is 35.4 Å². The quantitative estimate of drug-likeness (QED) is 0.683. The van der Waals surface area contributed by atoms with E-state index < -0.39 is 0 Å². The number of ether oxygens (including phenoxy) is 1. The number of carbonyl (C=O) groups excluding carboxylic acids is 1. The molecule has 2 aromatic carbocycles. The van der Waals surface area contributed by atoms with E-state index in [0.717, 1.165) is 24.1 Å². The number of benzene rings is 2. The highest BCUT2D eigenvalue weighted by molar-refractivity contribution is 6.30. The summed E-state index contributed by atoms with van der Waals surface area (Å²) in [5.41, 5.74) is 1.83. The summed E-state index contributed by atoms with van der Waals surface area (Å²) in [6, 6.07) is 15.4. The van der Waals surface area contributed by atoms with Crippen LogP contribution in [0.5, 0.6) is 0 Å². The van der Waals surface area contributed by atoms with E-state index in [1.54, 1.807) is 41.2 Å². The molecule has 0 aliphatic carbocycles. The van der Waals surface area contributed by atoms with Crippen LogP contribution in [0.2, 0.25) is 5.02 Å². The van der Waals surface area contributed by atoms with Crippen molar-refractivity contribution in [2.45, 2.75) is 18.3 Å². The Balaban J connectivity index is 1.49. The Morgan fingerprint density at radius 1 is 1.17 bits per heavy atom. The van der Waals surface area contributed by atoms with Crippen molar-refractivity contribution in [3.05, 3.63) is 82.9 Å². The minimum atomic E-state index is -0.281. The van der Waals surface area contributed by atoms with Crippen molar-refractivity contribution in [3.8, 4) is 5.69 Å². The average Bonchev–Trinajstić information content (AvgIpc) is 3.24. The molecule has 4 rings (SSSR count). The maximum atomic E-state index is 13.4. The summed E-state index contributed by atoms with van der Waals surface area (Å²) in [4.78, 5) is 12.7. The molecule has 1 aromatic heterocycles. The van der Waals surface area contributed by atoms with Crippen LogP contribution in [0.4, 0.5) is 4.39 Å². The summed E-state index contributed by atoms with van der Waals surface area (Å²) in [7, 11) is 0. The molecule has 1 aliphatic heterocycles. The van der Waals surface area contributed by atoms with Crippen LogP contribution < -0.4 is 5.32 Å². The van der Waals surface area contributed by atoms with E-state index in [9.17, 15) is 9.18 Å². The lowest BCUT2D eigenvalue weighted by Crippen LogP contribution is -2.44. The van der Waals surface area contributed by atoms with Gasteiger partial charge in [0.15, 0.2) is 5.69 Å². The van der Waals surface area contributed by atoms with E-state index in [1.165, 1.54) is 12.1 Å². The first-order valence-corrected chi connectivity index (χ1v) is 9.87. The standard InChI is InChI=1S/C22H21ClFN3O2/c23-17-2-1-3-19(14-17)27-11-8-20(26-27)21(28)25-15-22(9-12-29-13-10-22)16-4-6-18(24)7-5-16/h1-8,11,14H,9-10,12-13,15H2,(H,25,28). The van der Waals surface area contributed by atoms with Gasteiger partial charge in [-0.25, -0.2) is 9.07 Å². The van der Waals surface area contributed by atoms with Crippen molar-refractivity contribution in [1.29, 1.82) is 0 Å². The Morgan fingerprint density at radius 2 is 1.93 bits per heavy atom. The molecule has 0 spiro atoms. The first kappa shape index (κ1) is 19.6. The number of carbonyl (C=O) groups is 1. The zero-order valence-corrected chi connectivity index (χ0v) is 16.5. The van der Waals surface area contributed by atoms with Crippen LogP contribution in [-0.2, 0) is 10.2 Å². The number of amides is 1.